The molecule has 1 atom stereocenters. The van der Waals surface area contributed by atoms with Gasteiger partial charge in [-0.1, -0.05) is 0 Å². The highest BCUT2D eigenvalue weighted by Crippen LogP contribution is 2.25. The smallest absolute Gasteiger partial charge is 0.270 e. The predicted octanol–water partition coefficient (Wildman–Crippen LogP) is 1.24. The number of nitrogens with zero attached hydrogens (tertiary/aromatic N) is 2. The Morgan fingerprint density at radius 3 is 2.70 bits per heavy atom. The molecule has 0 spiro atoms. The monoisotopic (exact) mass is 282 g/mol. The number of non-ortho nitro benzene ring substituents is 1. The van der Waals surface area contributed by atoms with Crippen molar-refractivity contribution in [1.29, 1.82) is 0 Å². The fraction of sp³-hybridized carbons (Fsp3) is 0.462. The van der Waals surface area contributed by atoms with E-state index in [2.05, 4.69) is 0 Å². The normalized spacial score (nSPS) is 12.0. The number of hydrogen-bond donors (Lipinski definition) is 1. The lowest BCUT2D eigenvalue weighted by Crippen LogP contribution is -2.32. The number of aliphatic hydroxyl groups excluding tert-OH is 1. The third-order valence-electron chi connectivity index (χ3n) is 2.83. The Hall–Kier alpha value is -1.99. The van der Waals surface area contributed by atoms with E-state index < -0.39 is 11.0 Å². The zero-order valence-electron chi connectivity index (χ0n) is 11.7. The number of Topliss-reactive ketones (excluding diaryl/α,β-unsaturated/α-hetero) is 1. The van der Waals surface area contributed by atoms with Crippen molar-refractivity contribution in [3.63, 3.8) is 0 Å². The van der Waals surface area contributed by atoms with Crippen molar-refractivity contribution >= 4 is 17.2 Å². The molecule has 0 aliphatic carbocycles. The fourth-order valence-corrected chi connectivity index (χ4v) is 1.91. The number of nitro benzene ring substituents is 1. The van der Waals surface area contributed by atoms with E-state index in [9.17, 15) is 20.0 Å². The summed E-state index contributed by atoms with van der Waals surface area (Å²) in [7, 11) is 3.18. The van der Waals surface area contributed by atoms with Gasteiger partial charge in [-0.3, -0.25) is 14.9 Å². The Bertz CT molecular complexity index is 504. The topological polar surface area (TPSA) is 92.9 Å². The Morgan fingerprint density at radius 2 is 2.20 bits per heavy atom. The van der Waals surface area contributed by atoms with E-state index in [1.807, 2.05) is 0 Å². The molecule has 1 aromatic rings. The standard InChI is InChI=1S/C13H18N2O5/c1-9(16)12-6-10(15(18)19)4-5-13(12)14(2)7-11(17)8-20-3/h4-6,11,17H,7-8H2,1-3H3. The quantitative estimate of drug-likeness (QED) is 0.459. The first-order valence-electron chi connectivity index (χ1n) is 6.04. The van der Waals surface area contributed by atoms with Gasteiger partial charge in [0.2, 0.25) is 0 Å². The van der Waals surface area contributed by atoms with Crippen LogP contribution in [0.25, 0.3) is 0 Å². The zero-order valence-corrected chi connectivity index (χ0v) is 11.7. The second kappa shape index (κ2) is 6.97. The van der Waals surface area contributed by atoms with Crippen LogP contribution < -0.4 is 4.90 Å². The maximum Gasteiger partial charge on any atom is 0.270 e. The highest BCUT2D eigenvalue weighted by atomic mass is 16.6. The molecule has 1 N–H and O–H groups in total. The third kappa shape index (κ3) is 4.01. The van der Waals surface area contributed by atoms with Crippen molar-refractivity contribution < 1.29 is 19.6 Å². The molecule has 0 radical (unpaired) electrons. The van der Waals surface area contributed by atoms with Crippen molar-refractivity contribution in [2.24, 2.45) is 0 Å². The number of carbonyl (C=O) groups excluding carboxylic acids is 1. The van der Waals surface area contributed by atoms with Crippen LogP contribution in [0, 0.1) is 10.1 Å². The summed E-state index contributed by atoms with van der Waals surface area (Å²) in [5.41, 5.74) is 0.661. The molecule has 0 saturated carbocycles. The lowest BCUT2D eigenvalue weighted by Gasteiger charge is -2.24. The molecule has 7 heteroatoms. The van der Waals surface area contributed by atoms with Crippen LogP contribution >= 0.6 is 0 Å². The first-order chi connectivity index (χ1) is 9.36. The lowest BCUT2D eigenvalue weighted by molar-refractivity contribution is -0.384. The van der Waals surface area contributed by atoms with Crippen molar-refractivity contribution in [3.05, 3.63) is 33.9 Å². The Balaban J connectivity index is 3.04. The molecule has 0 bridgehead atoms. The second-order valence-electron chi connectivity index (χ2n) is 4.50. The van der Waals surface area contributed by atoms with Gasteiger partial charge in [0.15, 0.2) is 5.78 Å². The number of benzene rings is 1. The van der Waals surface area contributed by atoms with Crippen LogP contribution in [0.2, 0.25) is 0 Å². The molecular weight excluding hydrogens is 264 g/mol. The first kappa shape index (κ1) is 16.1. The van der Waals surface area contributed by atoms with E-state index in [1.165, 1.54) is 32.2 Å². The molecule has 0 amide bonds. The van der Waals surface area contributed by atoms with E-state index in [0.29, 0.717) is 5.69 Å². The first-order valence-corrected chi connectivity index (χ1v) is 6.04. The Kier molecular flexibility index (Phi) is 5.60. The van der Waals surface area contributed by atoms with Crippen LogP contribution in [0.1, 0.15) is 17.3 Å². The van der Waals surface area contributed by atoms with E-state index in [-0.39, 0.29) is 30.2 Å². The van der Waals surface area contributed by atoms with Crippen LogP contribution in [0.4, 0.5) is 11.4 Å². The number of aliphatic hydroxyl groups is 1. The number of methoxy groups -OCH3 is 1. The number of carbonyl (C=O) groups is 1. The van der Waals surface area contributed by atoms with E-state index in [1.54, 1.807) is 11.9 Å². The number of likely N-dealkylation sites (N-methyl/N-ethyl adjacent to an activating group) is 1. The van der Waals surface area contributed by atoms with Crippen LogP contribution in [0.15, 0.2) is 18.2 Å². The molecule has 0 saturated heterocycles. The van der Waals surface area contributed by atoms with Crippen LogP contribution in [0.3, 0.4) is 0 Å². The van der Waals surface area contributed by atoms with Gasteiger partial charge >= 0.3 is 0 Å². The number of anilines is 1. The van der Waals surface area contributed by atoms with Gasteiger partial charge in [0.25, 0.3) is 5.69 Å². The molecule has 1 aromatic carbocycles. The SMILES string of the molecule is COCC(O)CN(C)c1ccc([N+](=O)[O-])cc1C(C)=O. The maximum atomic E-state index is 11.6. The molecule has 0 heterocycles. The van der Waals surface area contributed by atoms with Crippen molar-refractivity contribution in [2.75, 3.05) is 32.2 Å². The van der Waals surface area contributed by atoms with Crippen LogP contribution in [-0.2, 0) is 4.74 Å². The van der Waals surface area contributed by atoms with Gasteiger partial charge in [-0.25, -0.2) is 0 Å². The number of nitro groups is 1. The molecular formula is C13H18N2O5. The summed E-state index contributed by atoms with van der Waals surface area (Å²) in [6.45, 7) is 1.78. The van der Waals surface area contributed by atoms with E-state index in [0.717, 1.165) is 0 Å². The molecule has 0 fully saturated rings. The van der Waals surface area contributed by atoms with Gasteiger partial charge < -0.3 is 14.7 Å². The summed E-state index contributed by atoms with van der Waals surface area (Å²) in [4.78, 5) is 23.5. The molecule has 110 valence electrons. The average molecular weight is 282 g/mol. The summed E-state index contributed by atoms with van der Waals surface area (Å²) in [6.07, 6.45) is -0.708. The largest absolute Gasteiger partial charge is 0.389 e. The molecule has 1 unspecified atom stereocenters. The summed E-state index contributed by atoms with van der Waals surface area (Å²) in [6, 6.07) is 4.09. The predicted molar refractivity (Wildman–Crippen MR) is 74.3 cm³/mol. The van der Waals surface area contributed by atoms with Gasteiger partial charge in [-0.15, -0.1) is 0 Å². The third-order valence-corrected chi connectivity index (χ3v) is 2.83. The van der Waals surface area contributed by atoms with Gasteiger partial charge in [-0.05, 0) is 13.0 Å². The highest BCUT2D eigenvalue weighted by Gasteiger charge is 2.18. The fourth-order valence-electron chi connectivity index (χ4n) is 1.91. The molecule has 1 rings (SSSR count). The van der Waals surface area contributed by atoms with Gasteiger partial charge in [-0.2, -0.15) is 0 Å². The summed E-state index contributed by atoms with van der Waals surface area (Å²) < 4.78 is 4.84. The van der Waals surface area contributed by atoms with Crippen molar-refractivity contribution in [3.8, 4) is 0 Å². The number of ketones is 1. The maximum absolute atomic E-state index is 11.6. The van der Waals surface area contributed by atoms with Crippen LogP contribution in [0.5, 0.6) is 0 Å². The number of ether oxygens (including phenoxy) is 1. The van der Waals surface area contributed by atoms with Crippen LogP contribution in [-0.4, -0.2) is 49.2 Å². The minimum atomic E-state index is -0.708. The summed E-state index contributed by atoms with van der Waals surface area (Å²) in [5, 5.41) is 20.4. The molecule has 20 heavy (non-hydrogen) atoms. The van der Waals surface area contributed by atoms with Gasteiger partial charge in [0, 0.05) is 44.1 Å². The molecule has 0 aromatic heterocycles. The summed E-state index contributed by atoms with van der Waals surface area (Å²) in [5.74, 6) is -0.267. The number of rotatable bonds is 7. The minimum absolute atomic E-state index is 0.134. The molecule has 7 nitrogen and oxygen atoms in total. The Labute approximate surface area is 116 Å². The van der Waals surface area contributed by atoms with Crippen molar-refractivity contribution in [2.45, 2.75) is 13.0 Å². The van der Waals surface area contributed by atoms with E-state index in [4.69, 9.17) is 4.74 Å². The van der Waals surface area contributed by atoms with Crippen molar-refractivity contribution in [1.82, 2.24) is 0 Å². The zero-order chi connectivity index (χ0) is 15.3. The lowest BCUT2D eigenvalue weighted by atomic mass is 10.1. The average Bonchev–Trinajstić information content (AvgIpc) is 2.37. The van der Waals surface area contributed by atoms with Gasteiger partial charge in [0.1, 0.15) is 0 Å². The molecule has 0 aliphatic rings. The van der Waals surface area contributed by atoms with Gasteiger partial charge in [0.05, 0.1) is 17.6 Å². The minimum Gasteiger partial charge on any atom is -0.389 e. The number of hydrogen-bond acceptors (Lipinski definition) is 6. The second-order valence-corrected chi connectivity index (χ2v) is 4.50. The van der Waals surface area contributed by atoms with E-state index >= 15 is 0 Å². The highest BCUT2D eigenvalue weighted by molar-refractivity contribution is 6.00. The Morgan fingerprint density at radius 1 is 1.55 bits per heavy atom. The molecule has 0 aliphatic heterocycles. The summed E-state index contributed by atoms with van der Waals surface area (Å²) >= 11 is 0.